The number of benzene rings is 3. The molecule has 0 aliphatic carbocycles. The summed E-state index contributed by atoms with van der Waals surface area (Å²) >= 11 is 5.77. The third-order valence-corrected chi connectivity index (χ3v) is 4.96. The molecule has 0 bridgehead atoms. The van der Waals surface area contributed by atoms with E-state index in [9.17, 15) is 4.79 Å². The van der Waals surface area contributed by atoms with Crippen LogP contribution in [0.15, 0.2) is 91.0 Å². The minimum atomic E-state index is -0.881. The number of carbonyl (C=O) groups is 1. The molecular formula is C21H15NOS. The predicted molar refractivity (Wildman–Crippen MR) is 100 cm³/mol. The molecule has 1 aliphatic rings. The van der Waals surface area contributed by atoms with Crippen molar-refractivity contribution in [3.8, 4) is 0 Å². The molecule has 1 heterocycles. The average Bonchev–Trinajstić information content (AvgIpc) is 2.65. The average molecular weight is 329 g/mol. The molecular weight excluding hydrogens is 314 g/mol. The number of rotatable bonds is 3. The molecule has 0 radical (unpaired) electrons. The van der Waals surface area contributed by atoms with Gasteiger partial charge in [-0.15, -0.1) is 0 Å². The molecule has 116 valence electrons. The summed E-state index contributed by atoms with van der Waals surface area (Å²) < 4.78 is 0. The van der Waals surface area contributed by atoms with Crippen molar-refractivity contribution in [2.75, 3.05) is 4.90 Å². The normalized spacial score (nSPS) is 15.9. The Morgan fingerprint density at radius 2 is 1.08 bits per heavy atom. The number of thiocarbonyl (C=S) groups is 1. The van der Waals surface area contributed by atoms with Crippen molar-refractivity contribution < 1.29 is 4.79 Å². The molecule has 4 rings (SSSR count). The Balaban J connectivity index is 1.88. The van der Waals surface area contributed by atoms with Crippen LogP contribution < -0.4 is 4.90 Å². The van der Waals surface area contributed by atoms with Crippen molar-refractivity contribution >= 4 is 28.8 Å². The predicted octanol–water partition coefficient (Wildman–Crippen LogP) is 4.35. The summed E-state index contributed by atoms with van der Waals surface area (Å²) in [5.41, 5.74) is 1.76. The van der Waals surface area contributed by atoms with Crippen LogP contribution in [0.4, 0.5) is 5.69 Å². The molecule has 3 aromatic carbocycles. The van der Waals surface area contributed by atoms with Crippen molar-refractivity contribution in [2.24, 2.45) is 0 Å². The zero-order valence-corrected chi connectivity index (χ0v) is 13.7. The van der Waals surface area contributed by atoms with E-state index >= 15 is 0 Å². The molecule has 1 amide bonds. The summed E-state index contributed by atoms with van der Waals surface area (Å²) in [6.07, 6.45) is 0. The number of β-lactam (4-membered cyclic amide) rings is 1. The lowest BCUT2D eigenvalue weighted by Gasteiger charge is -2.49. The largest absolute Gasteiger partial charge is 0.272 e. The summed E-state index contributed by atoms with van der Waals surface area (Å²) in [5.74, 6) is -0.00361. The molecule has 0 spiro atoms. The Morgan fingerprint density at radius 1 is 0.667 bits per heavy atom. The van der Waals surface area contributed by atoms with Crippen LogP contribution in [0.3, 0.4) is 0 Å². The van der Waals surface area contributed by atoms with Gasteiger partial charge >= 0.3 is 0 Å². The molecule has 0 N–H and O–H groups in total. The van der Waals surface area contributed by atoms with Crippen molar-refractivity contribution in [1.29, 1.82) is 0 Å². The van der Waals surface area contributed by atoms with Crippen LogP contribution in [0.2, 0.25) is 0 Å². The van der Waals surface area contributed by atoms with Gasteiger partial charge in [0.2, 0.25) is 0 Å². The number of nitrogens with zero attached hydrogens (tertiary/aromatic N) is 1. The highest BCUT2D eigenvalue weighted by molar-refractivity contribution is 7.81. The van der Waals surface area contributed by atoms with Crippen LogP contribution in [0, 0.1) is 0 Å². The van der Waals surface area contributed by atoms with Crippen molar-refractivity contribution in [2.45, 2.75) is 5.41 Å². The van der Waals surface area contributed by atoms with Gasteiger partial charge in [-0.05, 0) is 23.3 Å². The van der Waals surface area contributed by atoms with Crippen molar-refractivity contribution in [1.82, 2.24) is 0 Å². The van der Waals surface area contributed by atoms with Gasteiger partial charge in [0.15, 0.2) is 5.41 Å². The van der Waals surface area contributed by atoms with Crippen LogP contribution in [0.1, 0.15) is 11.1 Å². The van der Waals surface area contributed by atoms with E-state index < -0.39 is 5.41 Å². The topological polar surface area (TPSA) is 20.3 Å². The van der Waals surface area contributed by atoms with E-state index in [1.165, 1.54) is 0 Å². The lowest BCUT2D eigenvalue weighted by atomic mass is 9.67. The van der Waals surface area contributed by atoms with Crippen LogP contribution >= 0.6 is 12.2 Å². The number of anilines is 1. The summed E-state index contributed by atoms with van der Waals surface area (Å²) in [6, 6.07) is 29.1. The van der Waals surface area contributed by atoms with Gasteiger partial charge in [0.25, 0.3) is 5.91 Å². The maximum atomic E-state index is 13.3. The van der Waals surface area contributed by atoms with Gasteiger partial charge in [-0.25, -0.2) is 0 Å². The molecule has 0 atom stereocenters. The fourth-order valence-corrected chi connectivity index (χ4v) is 3.83. The van der Waals surface area contributed by atoms with Gasteiger partial charge in [0, 0.05) is 5.69 Å². The second kappa shape index (κ2) is 5.69. The first kappa shape index (κ1) is 14.8. The van der Waals surface area contributed by atoms with Gasteiger partial charge in [-0.2, -0.15) is 0 Å². The summed E-state index contributed by atoms with van der Waals surface area (Å²) in [5, 5.41) is 0. The smallest absolute Gasteiger partial charge is 0.254 e. The monoisotopic (exact) mass is 329 g/mol. The number of carbonyl (C=O) groups excluding carboxylic acids is 1. The summed E-state index contributed by atoms with van der Waals surface area (Å²) in [4.78, 5) is 15.6. The Hall–Kier alpha value is -2.78. The van der Waals surface area contributed by atoms with Gasteiger partial charge in [-0.3, -0.25) is 9.69 Å². The van der Waals surface area contributed by atoms with Crippen LogP contribution in [0.5, 0.6) is 0 Å². The number of amides is 1. The molecule has 1 saturated heterocycles. The van der Waals surface area contributed by atoms with Gasteiger partial charge in [-0.1, -0.05) is 91.1 Å². The second-order valence-electron chi connectivity index (χ2n) is 5.76. The fourth-order valence-electron chi connectivity index (χ4n) is 3.31. The standard InChI is InChI=1S/C21H15NOS/c23-19-21(16-10-4-1-5-11-16,17-12-6-2-7-13-17)20(24)22(19)18-14-8-3-9-15-18/h1-15H. The molecule has 3 aromatic rings. The van der Waals surface area contributed by atoms with E-state index in [1.54, 1.807) is 4.90 Å². The number of para-hydroxylation sites is 1. The summed E-state index contributed by atoms with van der Waals surface area (Å²) in [6.45, 7) is 0. The Morgan fingerprint density at radius 3 is 1.50 bits per heavy atom. The van der Waals surface area contributed by atoms with E-state index in [1.807, 2.05) is 91.0 Å². The van der Waals surface area contributed by atoms with E-state index in [0.717, 1.165) is 16.8 Å². The maximum absolute atomic E-state index is 13.3. The quantitative estimate of drug-likeness (QED) is 0.526. The van der Waals surface area contributed by atoms with Crippen LogP contribution in [-0.2, 0) is 10.2 Å². The van der Waals surface area contributed by atoms with Gasteiger partial charge in [0.1, 0.15) is 4.99 Å². The lowest BCUT2D eigenvalue weighted by Crippen LogP contribution is -2.69. The van der Waals surface area contributed by atoms with E-state index in [4.69, 9.17) is 12.2 Å². The minimum Gasteiger partial charge on any atom is -0.272 e. The number of hydrogen-bond acceptors (Lipinski definition) is 2. The van der Waals surface area contributed by atoms with E-state index in [-0.39, 0.29) is 5.91 Å². The third-order valence-electron chi connectivity index (χ3n) is 4.48. The zero-order valence-electron chi connectivity index (χ0n) is 12.9. The van der Waals surface area contributed by atoms with Crippen molar-refractivity contribution in [3.05, 3.63) is 102 Å². The lowest BCUT2D eigenvalue weighted by molar-refractivity contribution is -0.122. The first-order valence-corrected chi connectivity index (χ1v) is 8.22. The van der Waals surface area contributed by atoms with Crippen LogP contribution in [-0.4, -0.2) is 10.9 Å². The Bertz CT molecular complexity index is 833. The molecule has 1 fully saturated rings. The highest BCUT2D eigenvalue weighted by Gasteiger charge is 2.60. The molecule has 24 heavy (non-hydrogen) atoms. The first-order valence-electron chi connectivity index (χ1n) is 7.81. The highest BCUT2D eigenvalue weighted by Crippen LogP contribution is 2.46. The molecule has 0 unspecified atom stereocenters. The van der Waals surface area contributed by atoms with Crippen molar-refractivity contribution in [3.63, 3.8) is 0 Å². The SMILES string of the molecule is O=C1N(c2ccccc2)C(=S)C1(c1ccccc1)c1ccccc1. The molecule has 0 saturated carbocycles. The summed E-state index contributed by atoms with van der Waals surface area (Å²) in [7, 11) is 0. The first-order chi connectivity index (χ1) is 11.8. The fraction of sp³-hybridized carbons (Fsp3) is 0.0476. The van der Waals surface area contributed by atoms with Crippen LogP contribution in [0.25, 0.3) is 0 Å². The van der Waals surface area contributed by atoms with E-state index in [0.29, 0.717) is 4.99 Å². The molecule has 3 heteroatoms. The Kier molecular flexibility index (Phi) is 3.51. The van der Waals surface area contributed by atoms with E-state index in [2.05, 4.69) is 0 Å². The van der Waals surface area contributed by atoms with Gasteiger partial charge in [0.05, 0.1) is 0 Å². The molecule has 0 aromatic heterocycles. The molecule has 1 aliphatic heterocycles. The maximum Gasteiger partial charge on any atom is 0.254 e. The minimum absolute atomic E-state index is 0.00361. The third kappa shape index (κ3) is 1.95. The highest BCUT2D eigenvalue weighted by atomic mass is 32.1. The zero-order chi connectivity index (χ0) is 16.6. The molecule has 2 nitrogen and oxygen atoms in total. The second-order valence-corrected chi connectivity index (χ2v) is 6.15. The van der Waals surface area contributed by atoms with Gasteiger partial charge < -0.3 is 0 Å². The number of hydrogen-bond donors (Lipinski definition) is 0. The Labute approximate surface area is 146 Å².